The average molecular weight is 888 g/mol. The smallest absolute Gasteiger partial charge is 0.140 e. The van der Waals surface area contributed by atoms with Gasteiger partial charge in [-0.2, -0.15) is 0 Å². The van der Waals surface area contributed by atoms with Crippen LogP contribution in [0.25, 0.3) is 84.1 Å². The average Bonchev–Trinajstić information content (AvgIpc) is 4.05. The minimum Gasteiger partial charge on any atom is -0.455 e. The zero-order chi connectivity index (χ0) is 43.8. The standard InChI is InChI=1S/C63H37NOS2/c1-3-14-44-39(12-1)26-33-54-60(44)65-61-45-15-4-2-13-40(45)27-34-55(61)63(54)52-20-8-5-16-46(52)50-36-41(28-32-53(50)63)38-24-29-42(30-25-38)64(43-31-35-59-51(37-43)48-18-7-9-22-57(48)66-59)56-21-11-19-49-47-17-6-10-23-58(47)67-62(49)56/h1-37H. The Hall–Kier alpha value is -8.02. The van der Waals surface area contributed by atoms with E-state index in [1.165, 1.54) is 101 Å². The first-order valence-electron chi connectivity index (χ1n) is 22.9. The minimum atomic E-state index is -0.575. The summed E-state index contributed by atoms with van der Waals surface area (Å²) in [6.45, 7) is 0. The van der Waals surface area contributed by atoms with Crippen molar-refractivity contribution in [2.45, 2.75) is 5.41 Å². The number of rotatable bonds is 4. The van der Waals surface area contributed by atoms with E-state index in [1.807, 2.05) is 22.7 Å². The number of nitrogens with zero attached hydrogens (tertiary/aromatic N) is 1. The van der Waals surface area contributed by atoms with Gasteiger partial charge in [-0.05, 0) is 98.8 Å². The van der Waals surface area contributed by atoms with Crippen LogP contribution in [0.1, 0.15) is 22.3 Å². The van der Waals surface area contributed by atoms with Crippen molar-refractivity contribution < 1.29 is 4.74 Å². The molecule has 0 fully saturated rings. The van der Waals surface area contributed by atoms with Gasteiger partial charge < -0.3 is 9.64 Å². The normalized spacial score (nSPS) is 13.3. The molecule has 1 aliphatic heterocycles. The van der Waals surface area contributed by atoms with E-state index in [4.69, 9.17) is 4.74 Å². The highest BCUT2D eigenvalue weighted by Gasteiger charge is 2.51. The lowest BCUT2D eigenvalue weighted by molar-refractivity contribution is 0.447. The van der Waals surface area contributed by atoms with Crippen LogP contribution >= 0.6 is 22.7 Å². The highest BCUT2D eigenvalue weighted by atomic mass is 32.1. The highest BCUT2D eigenvalue weighted by molar-refractivity contribution is 7.26. The van der Waals surface area contributed by atoms with E-state index in [2.05, 4.69) is 229 Å². The quantitative estimate of drug-likeness (QED) is 0.175. The maximum atomic E-state index is 7.18. The summed E-state index contributed by atoms with van der Waals surface area (Å²) in [5.41, 5.74) is 12.7. The van der Waals surface area contributed by atoms with Gasteiger partial charge in [-0.15, -0.1) is 22.7 Å². The fourth-order valence-electron chi connectivity index (χ4n) is 11.6. The van der Waals surface area contributed by atoms with Crippen LogP contribution in [0.5, 0.6) is 11.5 Å². The topological polar surface area (TPSA) is 12.5 Å². The summed E-state index contributed by atoms with van der Waals surface area (Å²) < 4.78 is 12.4. The van der Waals surface area contributed by atoms with Crippen molar-refractivity contribution in [3.05, 3.63) is 247 Å². The third-order valence-corrected chi connectivity index (χ3v) is 16.9. The predicted octanol–water partition coefficient (Wildman–Crippen LogP) is 18.3. The fraction of sp³-hybridized carbons (Fsp3) is 0.0159. The Kier molecular flexibility index (Phi) is 7.78. The Labute approximate surface area is 394 Å². The van der Waals surface area contributed by atoms with Crippen molar-refractivity contribution in [3.8, 4) is 33.8 Å². The van der Waals surface area contributed by atoms with E-state index in [0.717, 1.165) is 33.6 Å². The fourth-order valence-corrected chi connectivity index (χ4v) is 13.9. The molecule has 0 unspecified atom stereocenters. The molecule has 4 heteroatoms. The lowest BCUT2D eigenvalue weighted by Crippen LogP contribution is -2.32. The molecule has 1 aliphatic carbocycles. The molecule has 0 radical (unpaired) electrons. The molecule has 15 rings (SSSR count). The van der Waals surface area contributed by atoms with Gasteiger partial charge in [0.2, 0.25) is 0 Å². The van der Waals surface area contributed by atoms with Crippen molar-refractivity contribution in [3.63, 3.8) is 0 Å². The SMILES string of the molecule is c1ccc2c(c1)-c1cc(-c3ccc(N(c4ccc5sc6ccccc6c5c4)c4cccc5c4sc4ccccc45)cc3)ccc1C21c2ccc3ccccc3c2Oc2c1ccc1ccccc21. The monoisotopic (exact) mass is 887 g/mol. The molecule has 0 saturated carbocycles. The maximum Gasteiger partial charge on any atom is 0.140 e. The van der Waals surface area contributed by atoms with Gasteiger partial charge in [0.25, 0.3) is 0 Å². The Morgan fingerprint density at radius 3 is 1.64 bits per heavy atom. The Bertz CT molecular complexity index is 4130. The lowest BCUT2D eigenvalue weighted by atomic mass is 9.65. The van der Waals surface area contributed by atoms with Crippen molar-refractivity contribution in [2.24, 2.45) is 0 Å². The molecule has 0 amide bonds. The van der Waals surface area contributed by atoms with Crippen LogP contribution in [0.3, 0.4) is 0 Å². The zero-order valence-electron chi connectivity index (χ0n) is 36.0. The second-order valence-corrected chi connectivity index (χ2v) is 20.0. The third kappa shape index (κ3) is 5.20. The number of thiophene rings is 2. The number of benzene rings is 11. The number of ether oxygens (including phenoxy) is 1. The third-order valence-electron chi connectivity index (χ3n) is 14.5. The van der Waals surface area contributed by atoms with Crippen molar-refractivity contribution in [1.82, 2.24) is 0 Å². The summed E-state index contributed by atoms with van der Waals surface area (Å²) in [6.07, 6.45) is 0. The summed E-state index contributed by atoms with van der Waals surface area (Å²) in [5.74, 6) is 1.87. The first-order chi connectivity index (χ1) is 33.2. The van der Waals surface area contributed by atoms with Crippen LogP contribution in [-0.4, -0.2) is 0 Å². The molecule has 0 N–H and O–H groups in total. The Morgan fingerprint density at radius 1 is 0.343 bits per heavy atom. The molecule has 0 saturated heterocycles. The van der Waals surface area contributed by atoms with Gasteiger partial charge in [0.15, 0.2) is 0 Å². The summed E-state index contributed by atoms with van der Waals surface area (Å²) in [7, 11) is 0. The summed E-state index contributed by atoms with van der Waals surface area (Å²) >= 11 is 3.73. The molecule has 67 heavy (non-hydrogen) atoms. The zero-order valence-corrected chi connectivity index (χ0v) is 37.7. The lowest BCUT2D eigenvalue weighted by Gasteiger charge is -2.40. The van der Waals surface area contributed by atoms with Gasteiger partial charge in [0, 0.05) is 68.9 Å². The molecule has 0 bridgehead atoms. The Balaban J connectivity index is 0.909. The van der Waals surface area contributed by atoms with E-state index in [-0.39, 0.29) is 0 Å². The number of hydrogen-bond acceptors (Lipinski definition) is 4. The van der Waals surface area contributed by atoms with Crippen LogP contribution in [-0.2, 0) is 5.41 Å². The molecule has 2 nitrogen and oxygen atoms in total. The molecular weight excluding hydrogens is 851 g/mol. The number of anilines is 3. The van der Waals surface area contributed by atoms with Gasteiger partial charge in [0.05, 0.1) is 15.8 Å². The van der Waals surface area contributed by atoms with Crippen molar-refractivity contribution >= 4 is 102 Å². The highest BCUT2D eigenvalue weighted by Crippen LogP contribution is 2.64. The first-order valence-corrected chi connectivity index (χ1v) is 24.5. The maximum absolute atomic E-state index is 7.18. The van der Waals surface area contributed by atoms with E-state index < -0.39 is 5.41 Å². The van der Waals surface area contributed by atoms with Crippen molar-refractivity contribution in [2.75, 3.05) is 4.90 Å². The summed E-state index contributed by atoms with van der Waals surface area (Å²) in [6, 6.07) is 83.2. The van der Waals surface area contributed by atoms with E-state index in [1.54, 1.807) is 0 Å². The van der Waals surface area contributed by atoms with Crippen LogP contribution in [0.15, 0.2) is 224 Å². The van der Waals surface area contributed by atoms with Crippen LogP contribution < -0.4 is 9.64 Å². The second kappa shape index (κ2) is 14.0. The number of hydrogen-bond donors (Lipinski definition) is 0. The molecule has 3 heterocycles. The summed E-state index contributed by atoms with van der Waals surface area (Å²) in [4.78, 5) is 2.46. The molecule has 312 valence electrons. The molecule has 2 aliphatic rings. The van der Waals surface area contributed by atoms with Gasteiger partial charge in [0.1, 0.15) is 11.5 Å². The summed E-state index contributed by atoms with van der Waals surface area (Å²) in [5, 5.41) is 9.77. The molecule has 13 aromatic rings. The van der Waals surface area contributed by atoms with Gasteiger partial charge in [-0.3, -0.25) is 0 Å². The number of fused-ring (bicyclic) bond motifs is 19. The largest absolute Gasteiger partial charge is 0.455 e. The van der Waals surface area contributed by atoms with Gasteiger partial charge in [-0.25, -0.2) is 0 Å². The van der Waals surface area contributed by atoms with Crippen LogP contribution in [0.4, 0.5) is 17.1 Å². The van der Waals surface area contributed by atoms with Gasteiger partial charge >= 0.3 is 0 Å². The second-order valence-electron chi connectivity index (χ2n) is 17.9. The van der Waals surface area contributed by atoms with Crippen LogP contribution in [0, 0.1) is 0 Å². The molecule has 11 aromatic carbocycles. The van der Waals surface area contributed by atoms with Crippen molar-refractivity contribution in [1.29, 1.82) is 0 Å². The van der Waals surface area contributed by atoms with Crippen LogP contribution in [0.2, 0.25) is 0 Å². The minimum absolute atomic E-state index is 0.575. The van der Waals surface area contributed by atoms with E-state index in [9.17, 15) is 0 Å². The van der Waals surface area contributed by atoms with Gasteiger partial charge in [-0.1, -0.05) is 170 Å². The Morgan fingerprint density at radius 2 is 0.896 bits per heavy atom. The molecule has 2 aromatic heterocycles. The molecular formula is C63H37NOS2. The first kappa shape index (κ1) is 37.2. The van der Waals surface area contributed by atoms with E-state index in [0.29, 0.717) is 0 Å². The molecule has 1 spiro atoms. The molecule has 0 atom stereocenters. The predicted molar refractivity (Wildman–Crippen MR) is 285 cm³/mol. The van der Waals surface area contributed by atoms with E-state index >= 15 is 0 Å².